The summed E-state index contributed by atoms with van der Waals surface area (Å²) in [6.07, 6.45) is 2.33. The average molecular weight is 222 g/mol. The Kier molecular flexibility index (Phi) is 6.12. The molecule has 0 spiro atoms. The van der Waals surface area contributed by atoms with E-state index in [1.54, 1.807) is 0 Å². The maximum atomic E-state index is 11.4. The van der Waals surface area contributed by atoms with Crippen molar-refractivity contribution in [2.45, 2.75) is 47.0 Å². The number of nitrogens with zero attached hydrogens (tertiary/aromatic N) is 1. The first-order valence-electron chi connectivity index (χ1n) is 4.98. The maximum Gasteiger partial charge on any atom is 0.262 e. The standard InChI is InChI=1S/C10H20ClNO2/c1-5-6-7-14-12(11)9(13)8-10(2,3)4/h5-8H2,1-4H3. The highest BCUT2D eigenvalue weighted by Gasteiger charge is 2.20. The molecule has 0 aliphatic carbocycles. The molecule has 0 N–H and O–H groups in total. The van der Waals surface area contributed by atoms with Crippen molar-refractivity contribution >= 4 is 17.7 Å². The summed E-state index contributed by atoms with van der Waals surface area (Å²) in [5.41, 5.74) is -0.0572. The van der Waals surface area contributed by atoms with Crippen LogP contribution in [0.25, 0.3) is 0 Å². The normalized spacial score (nSPS) is 11.5. The summed E-state index contributed by atoms with van der Waals surface area (Å²) in [4.78, 5) is 16.5. The molecule has 0 aromatic rings. The lowest BCUT2D eigenvalue weighted by Gasteiger charge is -2.20. The van der Waals surface area contributed by atoms with Gasteiger partial charge in [-0.25, -0.2) is 0 Å². The fourth-order valence-electron chi connectivity index (χ4n) is 0.877. The summed E-state index contributed by atoms with van der Waals surface area (Å²) in [6, 6.07) is 0. The molecule has 0 aliphatic rings. The van der Waals surface area contributed by atoms with Gasteiger partial charge in [-0.1, -0.05) is 34.1 Å². The van der Waals surface area contributed by atoms with Gasteiger partial charge in [0.05, 0.1) is 6.61 Å². The van der Waals surface area contributed by atoms with E-state index in [0.29, 0.717) is 13.0 Å². The molecule has 0 saturated heterocycles. The van der Waals surface area contributed by atoms with Crippen LogP contribution < -0.4 is 0 Å². The molecule has 0 fully saturated rings. The van der Waals surface area contributed by atoms with Crippen molar-refractivity contribution in [1.82, 2.24) is 4.58 Å². The Morgan fingerprint density at radius 3 is 2.43 bits per heavy atom. The van der Waals surface area contributed by atoms with E-state index in [9.17, 15) is 4.79 Å². The van der Waals surface area contributed by atoms with Crippen LogP contribution in [0.2, 0.25) is 0 Å². The molecule has 0 saturated carbocycles. The van der Waals surface area contributed by atoms with Crippen LogP contribution in [0.5, 0.6) is 0 Å². The van der Waals surface area contributed by atoms with Gasteiger partial charge in [0.15, 0.2) is 0 Å². The largest absolute Gasteiger partial charge is 0.271 e. The van der Waals surface area contributed by atoms with Gasteiger partial charge in [-0.3, -0.25) is 9.63 Å². The number of hydrogen-bond donors (Lipinski definition) is 0. The summed E-state index contributed by atoms with van der Waals surface area (Å²) in [6.45, 7) is 8.51. The number of hydrogen-bond acceptors (Lipinski definition) is 2. The van der Waals surface area contributed by atoms with Gasteiger partial charge in [0.25, 0.3) is 5.91 Å². The first kappa shape index (κ1) is 13.7. The van der Waals surface area contributed by atoms with Crippen molar-refractivity contribution in [1.29, 1.82) is 0 Å². The van der Waals surface area contributed by atoms with Crippen LogP contribution >= 0.6 is 11.8 Å². The van der Waals surface area contributed by atoms with Crippen LogP contribution in [0.3, 0.4) is 0 Å². The lowest BCUT2D eigenvalue weighted by molar-refractivity contribution is -0.160. The van der Waals surface area contributed by atoms with Gasteiger partial charge in [-0.2, -0.15) is 0 Å². The molecule has 14 heavy (non-hydrogen) atoms. The van der Waals surface area contributed by atoms with Gasteiger partial charge in [-0.15, -0.1) is 4.58 Å². The second kappa shape index (κ2) is 6.25. The van der Waals surface area contributed by atoms with Gasteiger partial charge in [0.2, 0.25) is 0 Å². The van der Waals surface area contributed by atoms with E-state index < -0.39 is 0 Å². The molecule has 3 nitrogen and oxygen atoms in total. The van der Waals surface area contributed by atoms with Crippen LogP contribution in [-0.2, 0) is 9.63 Å². The second-order valence-electron chi connectivity index (χ2n) is 4.56. The summed E-state index contributed by atoms with van der Waals surface area (Å²) < 4.78 is 0.834. The highest BCUT2D eigenvalue weighted by molar-refractivity contribution is 6.20. The molecule has 0 radical (unpaired) electrons. The molecule has 4 heteroatoms. The SMILES string of the molecule is CCCCON(Cl)C(=O)CC(C)(C)C. The number of halogens is 1. The molecule has 0 unspecified atom stereocenters. The van der Waals surface area contributed by atoms with E-state index in [2.05, 4.69) is 6.92 Å². The predicted octanol–water partition coefficient (Wildman–Crippen LogP) is 3.14. The van der Waals surface area contributed by atoms with Crippen LogP contribution in [0.4, 0.5) is 0 Å². The molecular weight excluding hydrogens is 202 g/mol. The lowest BCUT2D eigenvalue weighted by atomic mass is 9.92. The molecule has 84 valence electrons. The number of amides is 1. The van der Waals surface area contributed by atoms with E-state index in [4.69, 9.17) is 16.6 Å². The highest BCUT2D eigenvalue weighted by atomic mass is 35.5. The van der Waals surface area contributed by atoms with Gasteiger partial charge in [-0.05, 0) is 11.8 Å². The molecule has 0 bridgehead atoms. The van der Waals surface area contributed by atoms with E-state index in [-0.39, 0.29) is 11.3 Å². The number of unbranched alkanes of at least 4 members (excludes halogenated alkanes) is 1. The Morgan fingerprint density at radius 1 is 1.43 bits per heavy atom. The third-order valence-electron chi connectivity index (χ3n) is 1.58. The number of hydroxylamine groups is 1. The quantitative estimate of drug-likeness (QED) is 0.406. The van der Waals surface area contributed by atoms with E-state index in [0.717, 1.165) is 17.4 Å². The molecule has 0 aromatic carbocycles. The molecule has 0 heterocycles. The smallest absolute Gasteiger partial charge is 0.262 e. The minimum atomic E-state index is -0.185. The van der Waals surface area contributed by atoms with Crippen molar-refractivity contribution < 1.29 is 9.63 Å². The molecular formula is C10H20ClNO2. The summed E-state index contributed by atoms with van der Waals surface area (Å²) in [5, 5.41) is 0. The zero-order valence-corrected chi connectivity index (χ0v) is 10.2. The second-order valence-corrected chi connectivity index (χ2v) is 4.87. The third kappa shape index (κ3) is 7.15. The van der Waals surface area contributed by atoms with Gasteiger partial charge < -0.3 is 0 Å². The Morgan fingerprint density at radius 2 is 2.00 bits per heavy atom. The Labute approximate surface area is 91.4 Å². The minimum Gasteiger partial charge on any atom is -0.271 e. The van der Waals surface area contributed by atoms with Gasteiger partial charge >= 0.3 is 0 Å². The van der Waals surface area contributed by atoms with Crippen LogP contribution in [0.15, 0.2) is 0 Å². The minimum absolute atomic E-state index is 0.0572. The zero-order chi connectivity index (χ0) is 11.2. The van der Waals surface area contributed by atoms with Crippen molar-refractivity contribution in [3.05, 3.63) is 0 Å². The van der Waals surface area contributed by atoms with Crippen molar-refractivity contribution in [3.8, 4) is 0 Å². The van der Waals surface area contributed by atoms with Crippen LogP contribution in [-0.4, -0.2) is 17.1 Å². The van der Waals surface area contributed by atoms with Crippen molar-refractivity contribution in [2.75, 3.05) is 6.61 Å². The highest BCUT2D eigenvalue weighted by Crippen LogP contribution is 2.20. The van der Waals surface area contributed by atoms with Gasteiger partial charge in [0, 0.05) is 18.2 Å². The number of carbonyl (C=O) groups is 1. The Balaban J connectivity index is 3.77. The van der Waals surface area contributed by atoms with Crippen molar-refractivity contribution in [3.63, 3.8) is 0 Å². The summed E-state index contributed by atoms with van der Waals surface area (Å²) >= 11 is 5.63. The summed E-state index contributed by atoms with van der Waals surface area (Å²) in [7, 11) is 0. The number of rotatable bonds is 5. The molecule has 0 rings (SSSR count). The first-order chi connectivity index (χ1) is 6.37. The fourth-order valence-corrected chi connectivity index (χ4v) is 1.01. The van der Waals surface area contributed by atoms with E-state index in [1.165, 1.54) is 0 Å². The molecule has 0 aromatic heterocycles. The van der Waals surface area contributed by atoms with E-state index >= 15 is 0 Å². The molecule has 0 atom stereocenters. The lowest BCUT2D eigenvalue weighted by Crippen LogP contribution is -2.26. The summed E-state index contributed by atoms with van der Waals surface area (Å²) in [5.74, 6) is -0.185. The first-order valence-corrected chi connectivity index (χ1v) is 5.32. The number of carbonyl (C=O) groups excluding carboxylic acids is 1. The third-order valence-corrected chi connectivity index (χ3v) is 1.87. The predicted molar refractivity (Wildman–Crippen MR) is 57.6 cm³/mol. The zero-order valence-electron chi connectivity index (χ0n) is 9.47. The van der Waals surface area contributed by atoms with Crippen LogP contribution in [0.1, 0.15) is 47.0 Å². The monoisotopic (exact) mass is 221 g/mol. The average Bonchev–Trinajstić information content (AvgIpc) is 2.01. The van der Waals surface area contributed by atoms with Crippen molar-refractivity contribution in [2.24, 2.45) is 5.41 Å². The fraction of sp³-hybridized carbons (Fsp3) is 0.900. The Hall–Kier alpha value is -0.280. The van der Waals surface area contributed by atoms with Crippen LogP contribution in [0, 0.1) is 5.41 Å². The molecule has 1 amide bonds. The molecule has 0 aliphatic heterocycles. The van der Waals surface area contributed by atoms with E-state index in [1.807, 2.05) is 20.8 Å². The van der Waals surface area contributed by atoms with Gasteiger partial charge in [0.1, 0.15) is 0 Å². The Bertz CT molecular complexity index is 177. The maximum absolute atomic E-state index is 11.4. The topological polar surface area (TPSA) is 29.5 Å².